The number of nitrogens with one attached hydrogen (secondary N) is 1. The summed E-state index contributed by atoms with van der Waals surface area (Å²) in [5.74, 6) is 0. The van der Waals surface area contributed by atoms with Gasteiger partial charge in [0.2, 0.25) is 0 Å². The number of morpholine rings is 1. The van der Waals surface area contributed by atoms with E-state index in [0.29, 0.717) is 12.1 Å². The van der Waals surface area contributed by atoms with Crippen molar-refractivity contribution in [3.8, 4) is 0 Å². The Bertz CT molecular complexity index is 416. The highest BCUT2D eigenvalue weighted by Crippen LogP contribution is 2.09. The second-order valence-corrected chi connectivity index (χ2v) is 5.84. The fourth-order valence-corrected chi connectivity index (χ4v) is 2.73. The molecule has 1 atom stereocenters. The summed E-state index contributed by atoms with van der Waals surface area (Å²) in [6, 6.07) is 0.603. The third kappa shape index (κ3) is 4.04. The average Bonchev–Trinajstić information content (AvgIpc) is 2.79. The molecule has 0 bridgehead atoms. The Hall–Kier alpha value is -0.910. The van der Waals surface area contributed by atoms with Crippen molar-refractivity contribution in [1.82, 2.24) is 20.0 Å². The molecule has 0 spiro atoms. The number of aromatic nitrogens is 2. The van der Waals surface area contributed by atoms with Crippen molar-refractivity contribution >= 4 is 0 Å². The van der Waals surface area contributed by atoms with Crippen LogP contribution < -0.4 is 5.32 Å². The molecule has 5 nitrogen and oxygen atoms in total. The Labute approximate surface area is 122 Å². The van der Waals surface area contributed by atoms with E-state index in [1.165, 1.54) is 11.3 Å². The summed E-state index contributed by atoms with van der Waals surface area (Å²) in [6.07, 6.45) is 3.39. The topological polar surface area (TPSA) is 42.3 Å². The first-order chi connectivity index (χ1) is 9.60. The molecule has 1 aliphatic heterocycles. The van der Waals surface area contributed by atoms with E-state index in [-0.39, 0.29) is 0 Å². The zero-order chi connectivity index (χ0) is 14.5. The van der Waals surface area contributed by atoms with Crippen LogP contribution in [0.2, 0.25) is 0 Å². The lowest BCUT2D eigenvalue weighted by molar-refractivity contribution is -0.0372. The summed E-state index contributed by atoms with van der Waals surface area (Å²) in [7, 11) is 1.98. The summed E-state index contributed by atoms with van der Waals surface area (Å²) in [6.45, 7) is 11.3. The molecule has 0 radical (unpaired) electrons. The van der Waals surface area contributed by atoms with E-state index in [9.17, 15) is 0 Å². The maximum absolute atomic E-state index is 5.83. The third-order valence-electron chi connectivity index (χ3n) is 3.91. The first kappa shape index (κ1) is 15.5. The van der Waals surface area contributed by atoms with Gasteiger partial charge >= 0.3 is 0 Å². The molecule has 5 heteroatoms. The molecule has 1 fully saturated rings. The molecule has 0 aromatic carbocycles. The Morgan fingerprint density at radius 2 is 2.30 bits per heavy atom. The molecule has 0 aliphatic carbocycles. The lowest BCUT2D eigenvalue weighted by Gasteiger charge is -2.35. The lowest BCUT2D eigenvalue weighted by atomic mass is 10.2. The molecule has 1 aromatic heterocycles. The SMILES string of the molecule is CCc1nn(C)cc1CNCC1CN(C(C)C)CCO1. The first-order valence-electron chi connectivity index (χ1n) is 7.68. The molecular formula is C15H28N4O. The summed E-state index contributed by atoms with van der Waals surface area (Å²) in [5, 5.41) is 7.98. The van der Waals surface area contributed by atoms with Crippen molar-refractivity contribution in [2.75, 3.05) is 26.2 Å². The highest BCUT2D eigenvalue weighted by atomic mass is 16.5. The van der Waals surface area contributed by atoms with Gasteiger partial charge in [0.1, 0.15) is 0 Å². The van der Waals surface area contributed by atoms with E-state index in [0.717, 1.165) is 39.2 Å². The molecular weight excluding hydrogens is 252 g/mol. The zero-order valence-corrected chi connectivity index (χ0v) is 13.2. The van der Waals surface area contributed by atoms with Crippen molar-refractivity contribution in [3.63, 3.8) is 0 Å². The van der Waals surface area contributed by atoms with Crippen LogP contribution in [0.15, 0.2) is 6.20 Å². The fourth-order valence-electron chi connectivity index (χ4n) is 2.73. The van der Waals surface area contributed by atoms with E-state index in [4.69, 9.17) is 4.74 Å². The van der Waals surface area contributed by atoms with Gasteiger partial charge in [-0.05, 0) is 20.3 Å². The highest BCUT2D eigenvalue weighted by Gasteiger charge is 2.21. The quantitative estimate of drug-likeness (QED) is 0.850. The molecule has 2 rings (SSSR count). The maximum Gasteiger partial charge on any atom is 0.0826 e. The summed E-state index contributed by atoms with van der Waals surface area (Å²) in [5.41, 5.74) is 2.49. The summed E-state index contributed by atoms with van der Waals surface area (Å²) < 4.78 is 7.73. The molecule has 0 amide bonds. The van der Waals surface area contributed by atoms with Gasteiger partial charge in [0.05, 0.1) is 18.4 Å². The van der Waals surface area contributed by atoms with Crippen molar-refractivity contribution < 1.29 is 4.74 Å². The lowest BCUT2D eigenvalue weighted by Crippen LogP contribution is -2.48. The molecule has 0 saturated carbocycles. The molecule has 1 aromatic rings. The molecule has 1 N–H and O–H groups in total. The van der Waals surface area contributed by atoms with E-state index >= 15 is 0 Å². The van der Waals surface area contributed by atoms with Crippen molar-refractivity contribution in [2.24, 2.45) is 7.05 Å². The van der Waals surface area contributed by atoms with Crippen LogP contribution >= 0.6 is 0 Å². The van der Waals surface area contributed by atoms with Crippen LogP contribution in [0.5, 0.6) is 0 Å². The first-order valence-corrected chi connectivity index (χ1v) is 7.68. The second-order valence-electron chi connectivity index (χ2n) is 5.84. The second kappa shape index (κ2) is 7.20. The standard InChI is InChI=1S/C15H28N4O/c1-5-15-13(10-18(4)17-15)8-16-9-14-11-19(12(2)3)6-7-20-14/h10,12,14,16H,5-9,11H2,1-4H3. The monoisotopic (exact) mass is 280 g/mol. The predicted molar refractivity (Wildman–Crippen MR) is 80.7 cm³/mol. The number of aryl methyl sites for hydroxylation is 2. The number of hydrogen-bond donors (Lipinski definition) is 1. The van der Waals surface area contributed by atoms with Crippen LogP contribution in [0, 0.1) is 0 Å². The summed E-state index contributed by atoms with van der Waals surface area (Å²) >= 11 is 0. The van der Waals surface area contributed by atoms with Crippen molar-refractivity contribution in [1.29, 1.82) is 0 Å². The van der Waals surface area contributed by atoms with E-state index < -0.39 is 0 Å². The number of hydrogen-bond acceptors (Lipinski definition) is 4. The number of ether oxygens (including phenoxy) is 1. The molecule has 1 unspecified atom stereocenters. The van der Waals surface area contributed by atoms with Gasteiger partial charge in [0, 0.05) is 51.0 Å². The normalized spacial score (nSPS) is 20.8. The fraction of sp³-hybridized carbons (Fsp3) is 0.800. The average molecular weight is 280 g/mol. The smallest absolute Gasteiger partial charge is 0.0826 e. The van der Waals surface area contributed by atoms with Gasteiger partial charge in [-0.2, -0.15) is 5.10 Å². The Morgan fingerprint density at radius 3 is 3.00 bits per heavy atom. The molecule has 1 saturated heterocycles. The van der Waals surface area contributed by atoms with E-state index in [2.05, 4.69) is 42.3 Å². The van der Waals surface area contributed by atoms with Crippen LogP contribution in [0.25, 0.3) is 0 Å². The van der Waals surface area contributed by atoms with Gasteiger partial charge in [0.15, 0.2) is 0 Å². The minimum Gasteiger partial charge on any atom is -0.374 e. The highest BCUT2D eigenvalue weighted by molar-refractivity contribution is 5.16. The molecule has 114 valence electrons. The Balaban J connectivity index is 1.77. The van der Waals surface area contributed by atoms with Gasteiger partial charge in [-0.15, -0.1) is 0 Å². The van der Waals surface area contributed by atoms with E-state index in [1.807, 2.05) is 11.7 Å². The van der Waals surface area contributed by atoms with Gasteiger partial charge < -0.3 is 10.1 Å². The minimum atomic E-state index is 0.299. The minimum absolute atomic E-state index is 0.299. The zero-order valence-electron chi connectivity index (χ0n) is 13.2. The van der Waals surface area contributed by atoms with Crippen LogP contribution in [-0.2, 0) is 24.8 Å². The van der Waals surface area contributed by atoms with Gasteiger partial charge in [0.25, 0.3) is 0 Å². The van der Waals surface area contributed by atoms with Crippen LogP contribution in [0.1, 0.15) is 32.0 Å². The van der Waals surface area contributed by atoms with Crippen LogP contribution in [-0.4, -0.2) is 53.1 Å². The molecule has 1 aliphatic rings. The number of rotatable bonds is 6. The third-order valence-corrected chi connectivity index (χ3v) is 3.91. The predicted octanol–water partition coefficient (Wildman–Crippen LogP) is 1.18. The van der Waals surface area contributed by atoms with E-state index in [1.54, 1.807) is 0 Å². The van der Waals surface area contributed by atoms with Crippen LogP contribution in [0.3, 0.4) is 0 Å². The Morgan fingerprint density at radius 1 is 1.50 bits per heavy atom. The van der Waals surface area contributed by atoms with Gasteiger partial charge in [-0.3, -0.25) is 9.58 Å². The maximum atomic E-state index is 5.83. The molecule has 20 heavy (non-hydrogen) atoms. The Kier molecular flexibility index (Phi) is 5.57. The summed E-state index contributed by atoms with van der Waals surface area (Å²) in [4.78, 5) is 2.48. The van der Waals surface area contributed by atoms with Crippen molar-refractivity contribution in [3.05, 3.63) is 17.5 Å². The van der Waals surface area contributed by atoms with Crippen LogP contribution in [0.4, 0.5) is 0 Å². The number of nitrogens with zero attached hydrogens (tertiary/aromatic N) is 3. The van der Waals surface area contributed by atoms with Crippen molar-refractivity contribution in [2.45, 2.75) is 45.9 Å². The molecule has 2 heterocycles. The van der Waals surface area contributed by atoms with Gasteiger partial charge in [-0.1, -0.05) is 6.92 Å². The largest absolute Gasteiger partial charge is 0.374 e. The van der Waals surface area contributed by atoms with Gasteiger partial charge in [-0.25, -0.2) is 0 Å².